The molecule has 12 unspecified atom stereocenters. The average Bonchev–Trinajstić information content (AvgIpc) is 0.797. The molecule has 2 aliphatic rings. The minimum Gasteiger partial charge on any atom is -0.394 e. The summed E-state index contributed by atoms with van der Waals surface area (Å²) in [6.07, 6.45) is 74.5. The molecule has 0 aromatic rings. The summed E-state index contributed by atoms with van der Waals surface area (Å²) in [7, 11) is 0. The number of unbranched alkanes of at least 4 members (excludes halogenated alkanes) is 50. The van der Waals surface area contributed by atoms with Gasteiger partial charge in [0.25, 0.3) is 0 Å². The molecule has 2 rings (SSSR count). The molecule has 0 aromatic carbocycles. The maximum Gasteiger partial charge on any atom is 0.220 e. The van der Waals surface area contributed by atoms with Gasteiger partial charge in [-0.2, -0.15) is 0 Å². The Morgan fingerprint density at radius 3 is 1.08 bits per heavy atom. The van der Waals surface area contributed by atoms with Crippen molar-refractivity contribution in [1.82, 2.24) is 5.32 Å². The number of carbonyl (C=O) groups excluding carboxylic acids is 1. The standard InChI is InChI=1S/C84H157NO13/c1-3-5-7-9-11-13-15-17-19-21-23-25-27-29-31-33-34-35-36-37-38-40-42-44-46-48-50-52-54-56-58-60-62-64-66-68-76(89)85-72(71-95-83-81(94)79(92)82(75(70-87)97-83)98-84-80(93)78(91)77(90)74(69-86)96-84)73(88)67-65-63-61-59-57-55-53-51-49-47-45-43-41-39-32-30-28-26-24-22-20-18-16-14-12-10-8-6-4-2/h5,7,11,13,17,19,23,25,72-75,77-84,86-88,90-94H,3-4,6,8-10,12,14-16,18,20-22,24,26-71H2,1-2H3,(H,85,89)/b7-5-,13-11-,19-17-,25-23-. The smallest absolute Gasteiger partial charge is 0.220 e. The van der Waals surface area contributed by atoms with Crippen LogP contribution >= 0.6 is 0 Å². The van der Waals surface area contributed by atoms with E-state index < -0.39 is 86.8 Å². The van der Waals surface area contributed by atoms with Crippen LogP contribution < -0.4 is 5.32 Å². The van der Waals surface area contributed by atoms with Gasteiger partial charge in [0, 0.05) is 6.42 Å². The molecule has 0 aliphatic carbocycles. The summed E-state index contributed by atoms with van der Waals surface area (Å²) in [5.74, 6) is -0.198. The van der Waals surface area contributed by atoms with E-state index in [0.717, 1.165) is 77.0 Å². The number of amides is 1. The minimum absolute atomic E-state index is 0.198. The maximum atomic E-state index is 13.4. The van der Waals surface area contributed by atoms with Crippen LogP contribution in [0.3, 0.4) is 0 Å². The molecule has 98 heavy (non-hydrogen) atoms. The van der Waals surface area contributed by atoms with Crippen molar-refractivity contribution in [3.63, 3.8) is 0 Å². The van der Waals surface area contributed by atoms with Gasteiger partial charge in [0.05, 0.1) is 32.0 Å². The van der Waals surface area contributed by atoms with Crippen molar-refractivity contribution in [2.45, 2.75) is 460 Å². The van der Waals surface area contributed by atoms with Gasteiger partial charge < -0.3 is 65.1 Å². The van der Waals surface area contributed by atoms with Crippen LogP contribution in [0.15, 0.2) is 48.6 Å². The predicted molar refractivity (Wildman–Crippen MR) is 406 cm³/mol. The summed E-state index contributed by atoms with van der Waals surface area (Å²) in [6.45, 7) is 2.82. The van der Waals surface area contributed by atoms with E-state index in [1.807, 2.05) is 0 Å². The van der Waals surface area contributed by atoms with Gasteiger partial charge in [0.15, 0.2) is 12.6 Å². The summed E-state index contributed by atoms with van der Waals surface area (Å²) in [5.41, 5.74) is 0. The zero-order valence-corrected chi connectivity index (χ0v) is 63.3. The zero-order chi connectivity index (χ0) is 70.8. The molecule has 576 valence electrons. The molecule has 2 aliphatic heterocycles. The Morgan fingerprint density at radius 1 is 0.378 bits per heavy atom. The number of hydrogen-bond donors (Lipinski definition) is 9. The van der Waals surface area contributed by atoms with Crippen molar-refractivity contribution in [2.24, 2.45) is 0 Å². The number of hydrogen-bond acceptors (Lipinski definition) is 13. The van der Waals surface area contributed by atoms with Crippen LogP contribution in [0.5, 0.6) is 0 Å². The molecular weight excluding hydrogens is 1230 g/mol. The summed E-state index contributed by atoms with van der Waals surface area (Å²) in [6, 6.07) is -0.830. The van der Waals surface area contributed by atoms with E-state index in [1.165, 1.54) is 283 Å². The predicted octanol–water partition coefficient (Wildman–Crippen LogP) is 19.4. The van der Waals surface area contributed by atoms with Gasteiger partial charge in [0.2, 0.25) is 5.91 Å². The molecule has 2 heterocycles. The third kappa shape index (κ3) is 50.4. The number of allylic oxidation sites excluding steroid dienone is 8. The fraction of sp³-hybridized carbons (Fsp3) is 0.893. The first-order valence-corrected chi connectivity index (χ1v) is 41.9. The van der Waals surface area contributed by atoms with Gasteiger partial charge in [-0.15, -0.1) is 0 Å². The molecule has 2 fully saturated rings. The minimum atomic E-state index is -1.78. The fourth-order valence-corrected chi connectivity index (χ4v) is 14.0. The van der Waals surface area contributed by atoms with Gasteiger partial charge in [-0.1, -0.05) is 377 Å². The Kier molecular flexibility index (Phi) is 63.9. The lowest BCUT2D eigenvalue weighted by molar-refractivity contribution is -0.359. The van der Waals surface area contributed by atoms with Crippen LogP contribution in [0.2, 0.25) is 0 Å². The lowest BCUT2D eigenvalue weighted by Gasteiger charge is -2.46. The van der Waals surface area contributed by atoms with Gasteiger partial charge in [-0.25, -0.2) is 0 Å². The molecule has 14 nitrogen and oxygen atoms in total. The molecule has 0 spiro atoms. The zero-order valence-electron chi connectivity index (χ0n) is 63.3. The lowest BCUT2D eigenvalue weighted by atomic mass is 9.97. The summed E-state index contributed by atoms with van der Waals surface area (Å²) < 4.78 is 23.0. The molecule has 0 aromatic heterocycles. The van der Waals surface area contributed by atoms with Crippen molar-refractivity contribution in [1.29, 1.82) is 0 Å². The van der Waals surface area contributed by atoms with Crippen molar-refractivity contribution in [3.8, 4) is 0 Å². The van der Waals surface area contributed by atoms with Crippen LogP contribution in [0.1, 0.15) is 386 Å². The summed E-state index contributed by atoms with van der Waals surface area (Å²) >= 11 is 0. The first-order chi connectivity index (χ1) is 48.1. The Balaban J connectivity index is 1.58. The highest BCUT2D eigenvalue weighted by Gasteiger charge is 2.51. The van der Waals surface area contributed by atoms with Crippen LogP contribution in [0.4, 0.5) is 0 Å². The number of aliphatic hydroxyl groups excluding tert-OH is 8. The van der Waals surface area contributed by atoms with Crippen molar-refractivity contribution < 1.29 is 64.6 Å². The first kappa shape index (κ1) is 92.0. The molecule has 0 saturated carbocycles. The molecule has 14 heteroatoms. The quantitative estimate of drug-likeness (QED) is 0.0204. The fourth-order valence-electron chi connectivity index (χ4n) is 14.0. The van der Waals surface area contributed by atoms with Crippen LogP contribution in [-0.2, 0) is 23.7 Å². The summed E-state index contributed by atoms with van der Waals surface area (Å²) in [4.78, 5) is 13.4. The van der Waals surface area contributed by atoms with E-state index >= 15 is 0 Å². The number of carbonyl (C=O) groups is 1. The monoisotopic (exact) mass is 1390 g/mol. The van der Waals surface area contributed by atoms with Crippen molar-refractivity contribution in [3.05, 3.63) is 48.6 Å². The van der Waals surface area contributed by atoms with E-state index in [1.54, 1.807) is 0 Å². The van der Waals surface area contributed by atoms with Crippen molar-refractivity contribution in [2.75, 3.05) is 19.8 Å². The lowest BCUT2D eigenvalue weighted by Crippen LogP contribution is -2.65. The van der Waals surface area contributed by atoms with Crippen molar-refractivity contribution >= 4 is 5.91 Å². The van der Waals surface area contributed by atoms with Gasteiger partial charge >= 0.3 is 0 Å². The molecule has 0 radical (unpaired) electrons. The number of rotatable bonds is 71. The van der Waals surface area contributed by atoms with Crippen LogP contribution in [0, 0.1) is 0 Å². The molecule has 12 atom stereocenters. The van der Waals surface area contributed by atoms with E-state index in [-0.39, 0.29) is 12.5 Å². The van der Waals surface area contributed by atoms with E-state index in [2.05, 4.69) is 67.8 Å². The Morgan fingerprint density at radius 2 is 0.704 bits per heavy atom. The number of aliphatic hydroxyl groups is 8. The second kappa shape index (κ2) is 68.1. The topological polar surface area (TPSA) is 228 Å². The third-order valence-corrected chi connectivity index (χ3v) is 20.6. The maximum absolute atomic E-state index is 13.4. The van der Waals surface area contributed by atoms with Gasteiger partial charge in [-0.05, 0) is 51.4 Å². The van der Waals surface area contributed by atoms with Crippen LogP contribution in [-0.4, -0.2) is 140 Å². The second-order valence-corrected chi connectivity index (χ2v) is 29.6. The number of nitrogens with one attached hydrogen (secondary N) is 1. The Bertz CT molecular complexity index is 1830. The van der Waals surface area contributed by atoms with Gasteiger partial charge in [-0.3, -0.25) is 4.79 Å². The van der Waals surface area contributed by atoms with Crippen LogP contribution in [0.25, 0.3) is 0 Å². The Labute approximate surface area is 601 Å². The summed E-state index contributed by atoms with van der Waals surface area (Å²) in [5, 5.41) is 88.0. The molecule has 2 saturated heterocycles. The number of ether oxygens (including phenoxy) is 4. The average molecular weight is 1390 g/mol. The Hall–Kier alpha value is -2.05. The van der Waals surface area contributed by atoms with Gasteiger partial charge in [0.1, 0.15) is 48.8 Å². The molecule has 1 amide bonds. The molecular formula is C84H157NO13. The first-order valence-electron chi connectivity index (χ1n) is 41.9. The highest BCUT2D eigenvalue weighted by molar-refractivity contribution is 5.76. The largest absolute Gasteiger partial charge is 0.394 e. The SMILES string of the molecule is CC/C=C\C/C=C\C/C=C\C/C=C\CCCCCCCCCCCCCCCCCCCCCCCCC(=O)NC(COC1OC(CO)C(OC2OC(CO)C(O)C(O)C2O)C(O)C1O)C(O)CCCCCCCCCCCCCCCCCCCCCCCCCCCCCCC. The second-order valence-electron chi connectivity index (χ2n) is 29.6. The van der Waals surface area contributed by atoms with E-state index in [0.29, 0.717) is 12.8 Å². The molecule has 0 bridgehead atoms. The molecule has 9 N–H and O–H groups in total. The van der Waals surface area contributed by atoms with E-state index in [9.17, 15) is 45.6 Å². The normalized spacial score (nSPS) is 22.2. The van der Waals surface area contributed by atoms with E-state index in [4.69, 9.17) is 18.9 Å². The highest BCUT2D eigenvalue weighted by atomic mass is 16.7. The third-order valence-electron chi connectivity index (χ3n) is 20.6. The highest BCUT2D eigenvalue weighted by Crippen LogP contribution is 2.31.